The maximum Gasteiger partial charge on any atom is 0.0246 e. The first-order chi connectivity index (χ1) is 7.74. The van der Waals surface area contributed by atoms with Gasteiger partial charge in [-0.25, -0.2) is 0 Å². The molecule has 98 valence electrons. The molecule has 2 nitrogen and oxygen atoms in total. The Hall–Kier alpha value is -0.0800. The number of nitrogens with zero attached hydrogens (tertiary/aromatic N) is 1. The highest BCUT2D eigenvalue weighted by Crippen LogP contribution is 2.14. The fourth-order valence-electron chi connectivity index (χ4n) is 2.66. The summed E-state index contributed by atoms with van der Waals surface area (Å²) in [7, 11) is 2.11. The molecule has 0 bridgehead atoms. The van der Waals surface area contributed by atoms with Gasteiger partial charge in [0.2, 0.25) is 0 Å². The second kappa shape index (κ2) is 10.1. The van der Waals surface area contributed by atoms with Gasteiger partial charge >= 0.3 is 0 Å². The van der Waals surface area contributed by atoms with Crippen molar-refractivity contribution >= 4 is 0 Å². The Balaban J connectivity index is 4.46. The summed E-state index contributed by atoms with van der Waals surface area (Å²) in [5.74, 6) is 0. The van der Waals surface area contributed by atoms with Gasteiger partial charge < -0.3 is 5.32 Å². The second-order valence-electron chi connectivity index (χ2n) is 4.70. The molecule has 0 aromatic carbocycles. The Bertz CT molecular complexity index is 142. The van der Waals surface area contributed by atoms with Crippen LogP contribution in [0.2, 0.25) is 0 Å². The first kappa shape index (κ1) is 15.9. The lowest BCUT2D eigenvalue weighted by Gasteiger charge is -2.36. The van der Waals surface area contributed by atoms with E-state index in [-0.39, 0.29) is 0 Å². The van der Waals surface area contributed by atoms with Crippen LogP contribution in [0.25, 0.3) is 0 Å². The largest absolute Gasteiger partial charge is 0.315 e. The first-order valence-electron chi connectivity index (χ1n) is 7.16. The predicted molar refractivity (Wildman–Crippen MR) is 74.0 cm³/mol. The van der Waals surface area contributed by atoms with Crippen LogP contribution < -0.4 is 5.32 Å². The lowest BCUT2D eigenvalue weighted by atomic mass is 9.99. The minimum Gasteiger partial charge on any atom is -0.315 e. The molecule has 2 atom stereocenters. The molecule has 0 fully saturated rings. The summed E-state index contributed by atoms with van der Waals surface area (Å²) in [6, 6.07) is 1.37. The summed E-state index contributed by atoms with van der Waals surface area (Å²) in [5, 5.41) is 3.51. The standard InChI is InChI=1S/C14H32N2/c1-6-10-13(15-5)14(9-4)16(11-7-2)12-8-3/h13-15H,6-12H2,1-5H3. The van der Waals surface area contributed by atoms with E-state index in [0.29, 0.717) is 12.1 Å². The van der Waals surface area contributed by atoms with Gasteiger partial charge in [-0.1, -0.05) is 34.1 Å². The molecule has 0 rings (SSSR count). The van der Waals surface area contributed by atoms with E-state index in [2.05, 4.69) is 45.0 Å². The molecular formula is C14H32N2. The molecule has 0 aliphatic carbocycles. The minimum atomic E-state index is 0.660. The van der Waals surface area contributed by atoms with Crippen LogP contribution in [0.15, 0.2) is 0 Å². The third-order valence-electron chi connectivity index (χ3n) is 3.34. The quantitative estimate of drug-likeness (QED) is 0.617. The van der Waals surface area contributed by atoms with Crippen LogP contribution in [-0.2, 0) is 0 Å². The molecule has 16 heavy (non-hydrogen) atoms. The minimum absolute atomic E-state index is 0.660. The normalized spacial score (nSPS) is 15.4. The number of hydrogen-bond donors (Lipinski definition) is 1. The topological polar surface area (TPSA) is 15.3 Å². The predicted octanol–water partition coefficient (Wildman–Crippen LogP) is 3.28. The van der Waals surface area contributed by atoms with Crippen LogP contribution in [0.1, 0.15) is 59.8 Å². The highest BCUT2D eigenvalue weighted by Gasteiger charge is 2.23. The zero-order valence-electron chi connectivity index (χ0n) is 12.1. The van der Waals surface area contributed by atoms with Crippen molar-refractivity contribution < 1.29 is 0 Å². The zero-order valence-corrected chi connectivity index (χ0v) is 12.1. The van der Waals surface area contributed by atoms with Gasteiger partial charge in [-0.2, -0.15) is 0 Å². The lowest BCUT2D eigenvalue weighted by Crippen LogP contribution is -2.49. The molecule has 0 saturated heterocycles. The number of hydrogen-bond acceptors (Lipinski definition) is 2. The maximum absolute atomic E-state index is 3.51. The smallest absolute Gasteiger partial charge is 0.0246 e. The van der Waals surface area contributed by atoms with Crippen molar-refractivity contribution in [2.75, 3.05) is 20.1 Å². The van der Waals surface area contributed by atoms with Crippen LogP contribution in [0.4, 0.5) is 0 Å². The molecule has 0 saturated carbocycles. The molecule has 0 aromatic rings. The highest BCUT2D eigenvalue weighted by molar-refractivity contribution is 4.82. The van der Waals surface area contributed by atoms with E-state index in [0.717, 1.165) is 0 Å². The summed E-state index contributed by atoms with van der Waals surface area (Å²) in [5.41, 5.74) is 0. The van der Waals surface area contributed by atoms with Gasteiger partial charge in [0.25, 0.3) is 0 Å². The first-order valence-corrected chi connectivity index (χ1v) is 7.16. The molecule has 0 amide bonds. The Morgan fingerprint density at radius 2 is 1.50 bits per heavy atom. The van der Waals surface area contributed by atoms with Crippen molar-refractivity contribution in [3.8, 4) is 0 Å². The van der Waals surface area contributed by atoms with E-state index < -0.39 is 0 Å². The number of likely N-dealkylation sites (N-methyl/N-ethyl adjacent to an activating group) is 1. The summed E-state index contributed by atoms with van der Waals surface area (Å²) in [4.78, 5) is 2.68. The second-order valence-corrected chi connectivity index (χ2v) is 4.70. The van der Waals surface area contributed by atoms with Crippen LogP contribution in [0.5, 0.6) is 0 Å². The Kier molecular flexibility index (Phi) is 10.0. The molecule has 0 aliphatic rings. The molecule has 2 unspecified atom stereocenters. The average molecular weight is 228 g/mol. The monoisotopic (exact) mass is 228 g/mol. The summed E-state index contributed by atoms with van der Waals surface area (Å²) in [6.07, 6.45) is 6.34. The van der Waals surface area contributed by atoms with E-state index in [9.17, 15) is 0 Å². The average Bonchev–Trinajstić information content (AvgIpc) is 2.29. The molecule has 2 heteroatoms. The lowest BCUT2D eigenvalue weighted by molar-refractivity contribution is 0.149. The van der Waals surface area contributed by atoms with E-state index in [1.54, 1.807) is 0 Å². The Morgan fingerprint density at radius 1 is 0.938 bits per heavy atom. The van der Waals surface area contributed by atoms with E-state index in [1.165, 1.54) is 45.2 Å². The molecule has 1 N–H and O–H groups in total. The van der Waals surface area contributed by atoms with Gasteiger partial charge in [-0.05, 0) is 45.8 Å². The van der Waals surface area contributed by atoms with Crippen molar-refractivity contribution in [1.29, 1.82) is 0 Å². The van der Waals surface area contributed by atoms with E-state index in [1.807, 2.05) is 0 Å². The summed E-state index contributed by atoms with van der Waals surface area (Å²) < 4.78 is 0. The van der Waals surface area contributed by atoms with Gasteiger partial charge in [0.05, 0.1) is 0 Å². The SMILES string of the molecule is CCCC(NC)C(CC)N(CCC)CCC. The molecule has 0 heterocycles. The molecule has 0 aliphatic heterocycles. The van der Waals surface area contributed by atoms with Crippen molar-refractivity contribution in [3.05, 3.63) is 0 Å². The Morgan fingerprint density at radius 3 is 1.81 bits per heavy atom. The van der Waals surface area contributed by atoms with Gasteiger partial charge in [0, 0.05) is 12.1 Å². The fourth-order valence-corrected chi connectivity index (χ4v) is 2.66. The molecule has 0 spiro atoms. The maximum atomic E-state index is 3.51. The van der Waals surface area contributed by atoms with E-state index >= 15 is 0 Å². The number of nitrogens with one attached hydrogen (secondary N) is 1. The number of rotatable bonds is 10. The van der Waals surface area contributed by atoms with Crippen LogP contribution in [-0.4, -0.2) is 37.1 Å². The van der Waals surface area contributed by atoms with Crippen molar-refractivity contribution in [2.45, 2.75) is 71.9 Å². The fraction of sp³-hybridized carbons (Fsp3) is 1.00. The van der Waals surface area contributed by atoms with E-state index in [4.69, 9.17) is 0 Å². The zero-order chi connectivity index (χ0) is 12.4. The molecule has 0 radical (unpaired) electrons. The van der Waals surface area contributed by atoms with Gasteiger partial charge in [0.15, 0.2) is 0 Å². The summed E-state index contributed by atoms with van der Waals surface area (Å²) in [6.45, 7) is 11.7. The molecule has 0 aromatic heterocycles. The highest BCUT2D eigenvalue weighted by atomic mass is 15.2. The third-order valence-corrected chi connectivity index (χ3v) is 3.34. The van der Waals surface area contributed by atoms with Crippen molar-refractivity contribution in [3.63, 3.8) is 0 Å². The molecular weight excluding hydrogens is 196 g/mol. The van der Waals surface area contributed by atoms with Crippen LogP contribution in [0, 0.1) is 0 Å². The van der Waals surface area contributed by atoms with Gasteiger partial charge in [-0.3, -0.25) is 4.90 Å². The van der Waals surface area contributed by atoms with Crippen molar-refractivity contribution in [1.82, 2.24) is 10.2 Å². The van der Waals surface area contributed by atoms with Crippen molar-refractivity contribution in [2.24, 2.45) is 0 Å². The third kappa shape index (κ3) is 5.31. The summed E-state index contributed by atoms with van der Waals surface area (Å²) >= 11 is 0. The van der Waals surface area contributed by atoms with Gasteiger partial charge in [-0.15, -0.1) is 0 Å². The van der Waals surface area contributed by atoms with Crippen LogP contribution in [0.3, 0.4) is 0 Å². The Labute approximate surface area is 103 Å². The van der Waals surface area contributed by atoms with Gasteiger partial charge in [0.1, 0.15) is 0 Å². The van der Waals surface area contributed by atoms with Crippen LogP contribution >= 0.6 is 0 Å².